The number of carbonyl (C=O) groups is 1. The summed E-state index contributed by atoms with van der Waals surface area (Å²) in [6.07, 6.45) is 6.55. The topological polar surface area (TPSA) is 72.4 Å². The Hall–Kier alpha value is -3.41. The van der Waals surface area contributed by atoms with Crippen molar-refractivity contribution < 1.29 is 9.21 Å². The van der Waals surface area contributed by atoms with E-state index in [2.05, 4.69) is 47.4 Å². The zero-order valence-corrected chi connectivity index (χ0v) is 16.0. The largest absolute Gasteiger partial charge is 0.469 e. The van der Waals surface area contributed by atoms with Crippen molar-refractivity contribution in [1.29, 1.82) is 0 Å². The fraction of sp³-hybridized carbons (Fsp3) is 0.227. The summed E-state index contributed by atoms with van der Waals surface area (Å²) in [4.78, 5) is 17.0. The molecule has 0 spiro atoms. The molecule has 3 aromatic heterocycles. The summed E-state index contributed by atoms with van der Waals surface area (Å²) in [5, 5.41) is 7.36. The van der Waals surface area contributed by atoms with Gasteiger partial charge >= 0.3 is 0 Å². The van der Waals surface area contributed by atoms with Gasteiger partial charge in [0.2, 0.25) is 0 Å². The van der Waals surface area contributed by atoms with Crippen LogP contribution in [0.4, 0.5) is 0 Å². The molecule has 0 aliphatic carbocycles. The molecule has 0 fully saturated rings. The molecular weight excluding hydrogens is 352 g/mol. The van der Waals surface area contributed by atoms with Gasteiger partial charge in [-0.15, -0.1) is 0 Å². The van der Waals surface area contributed by atoms with Crippen molar-refractivity contribution >= 4 is 11.6 Å². The second-order valence-corrected chi connectivity index (χ2v) is 6.86. The summed E-state index contributed by atoms with van der Waals surface area (Å²) in [6.45, 7) is 4.74. The summed E-state index contributed by atoms with van der Waals surface area (Å²) >= 11 is 0. The molecule has 4 aromatic rings. The number of rotatable bonds is 6. The van der Waals surface area contributed by atoms with Crippen LogP contribution in [0, 0.1) is 13.8 Å². The molecule has 0 saturated heterocycles. The number of benzene rings is 1. The number of fused-ring (bicyclic) bond motifs is 1. The monoisotopic (exact) mass is 374 g/mol. The number of nitrogens with zero attached hydrogens (tertiary/aromatic N) is 3. The lowest BCUT2D eigenvalue weighted by molar-refractivity contribution is 0.0954. The smallest absolute Gasteiger partial charge is 0.256 e. The van der Waals surface area contributed by atoms with Crippen LogP contribution >= 0.6 is 0 Å². The van der Waals surface area contributed by atoms with Crippen LogP contribution in [0.1, 0.15) is 33.7 Å². The first-order chi connectivity index (χ1) is 13.6. The first kappa shape index (κ1) is 18.0. The van der Waals surface area contributed by atoms with Crippen LogP contribution < -0.4 is 5.32 Å². The Kier molecular flexibility index (Phi) is 4.93. The van der Waals surface area contributed by atoms with Crippen LogP contribution in [-0.2, 0) is 6.42 Å². The quantitative estimate of drug-likeness (QED) is 0.518. The number of carbonyl (C=O) groups excluding carboxylic acids is 1. The minimum Gasteiger partial charge on any atom is -0.469 e. The molecule has 0 unspecified atom stereocenters. The van der Waals surface area contributed by atoms with Gasteiger partial charge in [-0.1, -0.05) is 12.1 Å². The summed E-state index contributed by atoms with van der Waals surface area (Å²) < 4.78 is 7.03. The fourth-order valence-electron chi connectivity index (χ4n) is 3.19. The van der Waals surface area contributed by atoms with Crippen molar-refractivity contribution in [2.45, 2.75) is 26.7 Å². The average molecular weight is 374 g/mol. The van der Waals surface area contributed by atoms with Crippen molar-refractivity contribution in [2.75, 3.05) is 6.54 Å². The van der Waals surface area contributed by atoms with Gasteiger partial charge < -0.3 is 9.73 Å². The molecule has 0 radical (unpaired) electrons. The standard InChI is InChI=1S/C22H22N4O2/c1-15-7-8-17(13-16(15)2)20-9-11-23-21-19(14-25-26(20)21)22(27)24-10-3-5-18-6-4-12-28-18/h4,6-9,11-14H,3,5,10H2,1-2H3,(H,24,27). The summed E-state index contributed by atoms with van der Waals surface area (Å²) in [6, 6.07) is 12.0. The highest BCUT2D eigenvalue weighted by Gasteiger charge is 2.16. The van der Waals surface area contributed by atoms with Gasteiger partial charge in [0.1, 0.15) is 11.3 Å². The number of amides is 1. The highest BCUT2D eigenvalue weighted by atomic mass is 16.3. The van der Waals surface area contributed by atoms with E-state index in [-0.39, 0.29) is 5.91 Å². The average Bonchev–Trinajstić information content (AvgIpc) is 3.36. The summed E-state index contributed by atoms with van der Waals surface area (Å²) in [5.74, 6) is 0.754. The van der Waals surface area contributed by atoms with E-state index in [0.717, 1.165) is 29.9 Å². The maximum absolute atomic E-state index is 12.6. The maximum Gasteiger partial charge on any atom is 0.256 e. The molecular formula is C22H22N4O2. The van der Waals surface area contributed by atoms with Gasteiger partial charge in [-0.05, 0) is 55.7 Å². The maximum atomic E-state index is 12.6. The Morgan fingerprint density at radius 3 is 2.86 bits per heavy atom. The summed E-state index contributed by atoms with van der Waals surface area (Å²) in [7, 11) is 0. The zero-order valence-electron chi connectivity index (χ0n) is 16.0. The molecule has 4 rings (SSSR count). The van der Waals surface area contributed by atoms with Gasteiger partial charge in [-0.25, -0.2) is 9.50 Å². The molecule has 0 atom stereocenters. The van der Waals surface area contributed by atoms with Gasteiger partial charge in [0, 0.05) is 24.7 Å². The molecule has 3 heterocycles. The van der Waals surface area contributed by atoms with Gasteiger partial charge in [0.25, 0.3) is 5.91 Å². The van der Waals surface area contributed by atoms with Gasteiger partial charge in [0.15, 0.2) is 5.65 Å². The molecule has 0 aliphatic heterocycles. The Bertz CT molecular complexity index is 1110. The lowest BCUT2D eigenvalue weighted by Gasteiger charge is -2.08. The third-order valence-electron chi connectivity index (χ3n) is 4.91. The number of furan rings is 1. The van der Waals surface area contributed by atoms with Crippen molar-refractivity contribution in [1.82, 2.24) is 19.9 Å². The Labute approximate surface area is 163 Å². The van der Waals surface area contributed by atoms with E-state index in [0.29, 0.717) is 17.8 Å². The predicted octanol–water partition coefficient (Wildman–Crippen LogP) is 3.97. The molecule has 1 aromatic carbocycles. The third kappa shape index (κ3) is 3.53. The second-order valence-electron chi connectivity index (χ2n) is 6.86. The van der Waals surface area contributed by atoms with E-state index in [9.17, 15) is 4.79 Å². The number of aromatic nitrogens is 3. The Balaban J connectivity index is 1.52. The molecule has 1 N–H and O–H groups in total. The summed E-state index contributed by atoms with van der Waals surface area (Å²) in [5.41, 5.74) is 5.44. The molecule has 6 nitrogen and oxygen atoms in total. The minimum atomic E-state index is -0.167. The molecule has 28 heavy (non-hydrogen) atoms. The highest BCUT2D eigenvalue weighted by molar-refractivity contribution is 5.99. The minimum absolute atomic E-state index is 0.167. The number of nitrogens with one attached hydrogen (secondary N) is 1. The van der Waals surface area contributed by atoms with Crippen LogP contribution in [0.2, 0.25) is 0 Å². The molecule has 142 valence electrons. The second kappa shape index (κ2) is 7.68. The highest BCUT2D eigenvalue weighted by Crippen LogP contribution is 2.23. The SMILES string of the molecule is Cc1ccc(-c2ccnc3c(C(=O)NCCCc4ccco4)cnn23)cc1C. The van der Waals surface area contributed by atoms with Crippen molar-refractivity contribution in [2.24, 2.45) is 0 Å². The van der Waals surface area contributed by atoms with Crippen molar-refractivity contribution in [3.05, 3.63) is 77.5 Å². The normalized spacial score (nSPS) is 11.1. The zero-order chi connectivity index (χ0) is 19.5. The number of hydrogen-bond donors (Lipinski definition) is 1. The predicted molar refractivity (Wildman–Crippen MR) is 107 cm³/mol. The lowest BCUT2D eigenvalue weighted by atomic mass is 10.0. The van der Waals surface area contributed by atoms with Crippen LogP contribution in [0.3, 0.4) is 0 Å². The van der Waals surface area contributed by atoms with Crippen LogP contribution in [0.25, 0.3) is 16.9 Å². The fourth-order valence-corrected chi connectivity index (χ4v) is 3.19. The molecule has 0 bridgehead atoms. The van der Waals surface area contributed by atoms with Gasteiger partial charge in [-0.3, -0.25) is 4.79 Å². The van der Waals surface area contributed by atoms with Crippen LogP contribution in [0.5, 0.6) is 0 Å². The van der Waals surface area contributed by atoms with E-state index < -0.39 is 0 Å². The van der Waals surface area contributed by atoms with Gasteiger partial charge in [0.05, 0.1) is 18.2 Å². The van der Waals surface area contributed by atoms with Crippen molar-refractivity contribution in [3.63, 3.8) is 0 Å². The number of hydrogen-bond acceptors (Lipinski definition) is 4. The molecule has 6 heteroatoms. The third-order valence-corrected chi connectivity index (χ3v) is 4.91. The Morgan fingerprint density at radius 2 is 2.07 bits per heavy atom. The van der Waals surface area contributed by atoms with Crippen LogP contribution in [-0.4, -0.2) is 27.0 Å². The van der Waals surface area contributed by atoms with E-state index in [1.54, 1.807) is 23.2 Å². The van der Waals surface area contributed by atoms with E-state index in [4.69, 9.17) is 4.42 Å². The number of aryl methyl sites for hydroxylation is 3. The molecule has 0 saturated carbocycles. The Morgan fingerprint density at radius 1 is 1.18 bits per heavy atom. The van der Waals surface area contributed by atoms with Crippen LogP contribution in [0.15, 0.2) is 59.5 Å². The van der Waals surface area contributed by atoms with E-state index >= 15 is 0 Å². The van der Waals surface area contributed by atoms with Gasteiger partial charge in [-0.2, -0.15) is 5.10 Å². The molecule has 1 amide bonds. The van der Waals surface area contributed by atoms with E-state index in [1.807, 2.05) is 18.2 Å². The first-order valence-corrected chi connectivity index (χ1v) is 9.34. The van der Waals surface area contributed by atoms with Crippen molar-refractivity contribution in [3.8, 4) is 11.3 Å². The first-order valence-electron chi connectivity index (χ1n) is 9.34. The van der Waals surface area contributed by atoms with E-state index in [1.165, 1.54) is 11.1 Å². The molecule has 0 aliphatic rings. The lowest BCUT2D eigenvalue weighted by Crippen LogP contribution is -2.24.